The molecule has 0 bridgehead atoms. The number of ether oxygens (including phenoxy) is 1. The van der Waals surface area contributed by atoms with Gasteiger partial charge in [0.05, 0.1) is 0 Å². The Balaban J connectivity index is 1.67. The van der Waals surface area contributed by atoms with Gasteiger partial charge < -0.3 is 10.1 Å². The SMILES string of the molecule is CC(C=CS(C)(=O)=O)NC(=O)c1cnc(C2CCCC2)nc1Oc1cccc2ccccc12. The first-order chi connectivity index (χ1) is 15.8. The van der Waals surface area contributed by atoms with Crippen molar-refractivity contribution in [3.05, 3.63) is 71.5 Å². The lowest BCUT2D eigenvalue weighted by molar-refractivity contribution is 0.0943. The van der Waals surface area contributed by atoms with Gasteiger partial charge in [-0.2, -0.15) is 4.98 Å². The summed E-state index contributed by atoms with van der Waals surface area (Å²) in [5.74, 6) is 1.30. The zero-order valence-corrected chi connectivity index (χ0v) is 19.5. The van der Waals surface area contributed by atoms with Crippen LogP contribution in [0.3, 0.4) is 0 Å². The molecule has 4 rings (SSSR count). The standard InChI is InChI=1S/C25H27N3O4S/c1-17(14-15-33(2,30)31)27-24(29)21-16-26-23(19-9-3-4-10-19)28-25(21)32-22-13-7-11-18-8-5-6-12-20(18)22/h5-8,11-17,19H,3-4,9-10H2,1-2H3,(H,27,29). The molecule has 1 atom stereocenters. The third-order valence-electron chi connectivity index (χ3n) is 5.67. The summed E-state index contributed by atoms with van der Waals surface area (Å²) in [6, 6.07) is 13.1. The monoisotopic (exact) mass is 465 g/mol. The number of aromatic nitrogens is 2. The minimum absolute atomic E-state index is 0.194. The molecular formula is C25H27N3O4S. The molecule has 1 aliphatic rings. The van der Waals surface area contributed by atoms with Crippen LogP contribution < -0.4 is 10.1 Å². The molecule has 3 aromatic rings. The average molecular weight is 466 g/mol. The Labute approximate surface area is 193 Å². The van der Waals surface area contributed by atoms with Crippen molar-refractivity contribution >= 4 is 26.5 Å². The number of benzene rings is 2. The van der Waals surface area contributed by atoms with E-state index in [1.165, 1.54) is 12.3 Å². The van der Waals surface area contributed by atoms with Crippen molar-refractivity contribution in [1.29, 1.82) is 0 Å². The first-order valence-electron chi connectivity index (χ1n) is 11.0. The third kappa shape index (κ3) is 5.76. The fraction of sp³-hybridized carbons (Fsp3) is 0.320. The van der Waals surface area contributed by atoms with E-state index >= 15 is 0 Å². The number of nitrogens with one attached hydrogen (secondary N) is 1. The normalized spacial score (nSPS) is 15.7. The van der Waals surface area contributed by atoms with Gasteiger partial charge in [-0.3, -0.25) is 4.79 Å². The van der Waals surface area contributed by atoms with Crippen LogP contribution in [-0.4, -0.2) is 36.6 Å². The number of fused-ring (bicyclic) bond motifs is 1. The summed E-state index contributed by atoms with van der Waals surface area (Å²) in [5, 5.41) is 5.78. The van der Waals surface area contributed by atoms with Crippen molar-refractivity contribution in [3.8, 4) is 11.6 Å². The predicted molar refractivity (Wildman–Crippen MR) is 128 cm³/mol. The molecule has 1 aliphatic carbocycles. The second-order valence-electron chi connectivity index (χ2n) is 8.43. The highest BCUT2D eigenvalue weighted by Gasteiger charge is 2.24. The summed E-state index contributed by atoms with van der Waals surface area (Å²) in [4.78, 5) is 22.2. The lowest BCUT2D eigenvalue weighted by atomic mass is 10.1. The molecule has 1 amide bonds. The number of hydrogen-bond acceptors (Lipinski definition) is 6. The van der Waals surface area contributed by atoms with E-state index in [4.69, 9.17) is 4.74 Å². The summed E-state index contributed by atoms with van der Waals surface area (Å²) >= 11 is 0. The first kappa shape index (κ1) is 22.9. The van der Waals surface area contributed by atoms with Crippen LogP contribution in [0.15, 0.2) is 60.1 Å². The van der Waals surface area contributed by atoms with Crippen molar-refractivity contribution in [2.24, 2.45) is 0 Å². The Kier molecular flexibility index (Phi) is 6.74. The number of sulfone groups is 1. The van der Waals surface area contributed by atoms with Crippen molar-refractivity contribution in [3.63, 3.8) is 0 Å². The molecule has 172 valence electrons. The van der Waals surface area contributed by atoms with E-state index in [0.717, 1.165) is 48.1 Å². The number of rotatable bonds is 7. The minimum Gasteiger partial charge on any atom is -0.437 e. The predicted octanol–water partition coefficient (Wildman–Crippen LogP) is 4.76. The van der Waals surface area contributed by atoms with E-state index in [0.29, 0.717) is 11.6 Å². The maximum Gasteiger partial charge on any atom is 0.258 e. The van der Waals surface area contributed by atoms with Crippen LogP contribution in [0.4, 0.5) is 0 Å². The van der Waals surface area contributed by atoms with Crippen LogP contribution in [0.1, 0.15) is 54.7 Å². The average Bonchev–Trinajstić information content (AvgIpc) is 3.32. The zero-order valence-electron chi connectivity index (χ0n) is 18.7. The van der Waals surface area contributed by atoms with Gasteiger partial charge in [-0.25, -0.2) is 13.4 Å². The zero-order chi connectivity index (χ0) is 23.4. The molecule has 0 saturated heterocycles. The Bertz CT molecular complexity index is 1290. The summed E-state index contributed by atoms with van der Waals surface area (Å²) in [6.07, 6.45) is 8.35. The maximum absolute atomic E-state index is 13.0. The smallest absolute Gasteiger partial charge is 0.258 e. The molecule has 7 nitrogen and oxygen atoms in total. The number of hydrogen-bond donors (Lipinski definition) is 1. The highest BCUT2D eigenvalue weighted by Crippen LogP contribution is 2.35. The number of carbonyl (C=O) groups is 1. The van der Waals surface area contributed by atoms with Gasteiger partial charge in [0.15, 0.2) is 9.84 Å². The van der Waals surface area contributed by atoms with Gasteiger partial charge in [0.2, 0.25) is 5.88 Å². The van der Waals surface area contributed by atoms with Crippen molar-refractivity contribution in [2.45, 2.75) is 44.6 Å². The number of carbonyl (C=O) groups excluding carboxylic acids is 1. The Hall–Kier alpha value is -3.26. The molecule has 1 fully saturated rings. The summed E-state index contributed by atoms with van der Waals surface area (Å²) < 4.78 is 29.0. The molecule has 1 saturated carbocycles. The van der Waals surface area contributed by atoms with Gasteiger partial charge in [-0.05, 0) is 31.2 Å². The van der Waals surface area contributed by atoms with Crippen molar-refractivity contribution in [2.75, 3.05) is 6.26 Å². The molecule has 1 unspecified atom stereocenters. The third-order valence-corrected chi connectivity index (χ3v) is 6.32. The molecule has 33 heavy (non-hydrogen) atoms. The lowest BCUT2D eigenvalue weighted by Crippen LogP contribution is -2.31. The van der Waals surface area contributed by atoms with Crippen LogP contribution in [0, 0.1) is 0 Å². The van der Waals surface area contributed by atoms with Crippen LogP contribution in [0.2, 0.25) is 0 Å². The fourth-order valence-electron chi connectivity index (χ4n) is 3.98. The molecule has 1 N–H and O–H groups in total. The molecule has 2 aromatic carbocycles. The van der Waals surface area contributed by atoms with E-state index < -0.39 is 21.8 Å². The van der Waals surface area contributed by atoms with Crippen LogP contribution in [-0.2, 0) is 9.84 Å². The molecule has 8 heteroatoms. The molecule has 1 heterocycles. The van der Waals surface area contributed by atoms with Gasteiger partial charge in [-0.15, -0.1) is 0 Å². The molecule has 1 aromatic heterocycles. The summed E-state index contributed by atoms with van der Waals surface area (Å²) in [6.45, 7) is 1.69. The Morgan fingerprint density at radius 2 is 1.88 bits per heavy atom. The lowest BCUT2D eigenvalue weighted by Gasteiger charge is -2.16. The molecule has 0 spiro atoms. The molecule has 0 aliphatic heterocycles. The van der Waals surface area contributed by atoms with Gasteiger partial charge in [0.25, 0.3) is 5.91 Å². The minimum atomic E-state index is -3.29. The topological polar surface area (TPSA) is 98.2 Å². The first-order valence-corrected chi connectivity index (χ1v) is 13.0. The van der Waals surface area contributed by atoms with Crippen LogP contribution in [0.5, 0.6) is 11.6 Å². The van der Waals surface area contributed by atoms with Gasteiger partial charge in [0, 0.05) is 35.2 Å². The highest BCUT2D eigenvalue weighted by atomic mass is 32.2. The quantitative estimate of drug-likeness (QED) is 0.540. The molecule has 0 radical (unpaired) electrons. The number of nitrogens with zero attached hydrogens (tertiary/aromatic N) is 2. The van der Waals surface area contributed by atoms with Crippen molar-refractivity contribution in [1.82, 2.24) is 15.3 Å². The Morgan fingerprint density at radius 3 is 2.64 bits per heavy atom. The van der Waals surface area contributed by atoms with Crippen LogP contribution in [0.25, 0.3) is 10.8 Å². The fourth-order valence-corrected chi connectivity index (χ4v) is 4.50. The second-order valence-corrected chi connectivity index (χ2v) is 10.4. The summed E-state index contributed by atoms with van der Waals surface area (Å²) in [7, 11) is -3.29. The summed E-state index contributed by atoms with van der Waals surface area (Å²) in [5.41, 5.74) is 0.198. The van der Waals surface area contributed by atoms with E-state index in [9.17, 15) is 13.2 Å². The van der Waals surface area contributed by atoms with Gasteiger partial charge in [-0.1, -0.05) is 55.3 Å². The highest BCUT2D eigenvalue weighted by molar-refractivity contribution is 7.93. The van der Waals surface area contributed by atoms with E-state index in [1.807, 2.05) is 42.5 Å². The van der Waals surface area contributed by atoms with E-state index in [-0.39, 0.29) is 17.4 Å². The largest absolute Gasteiger partial charge is 0.437 e. The Morgan fingerprint density at radius 1 is 1.15 bits per heavy atom. The van der Waals surface area contributed by atoms with Gasteiger partial charge >= 0.3 is 0 Å². The van der Waals surface area contributed by atoms with E-state index in [2.05, 4.69) is 15.3 Å². The second kappa shape index (κ2) is 9.70. The molecular weight excluding hydrogens is 438 g/mol. The number of amides is 1. The maximum atomic E-state index is 13.0. The van der Waals surface area contributed by atoms with Gasteiger partial charge in [0.1, 0.15) is 17.1 Å². The van der Waals surface area contributed by atoms with E-state index in [1.54, 1.807) is 6.92 Å². The van der Waals surface area contributed by atoms with Crippen LogP contribution >= 0.6 is 0 Å². The van der Waals surface area contributed by atoms with Crippen molar-refractivity contribution < 1.29 is 17.9 Å².